The number of hydrogen-bond acceptors (Lipinski definition) is 7. The lowest BCUT2D eigenvalue weighted by atomic mass is 10.1. The van der Waals surface area contributed by atoms with Crippen LogP contribution in [0.4, 0.5) is 0 Å². The van der Waals surface area contributed by atoms with Gasteiger partial charge in [-0.25, -0.2) is 0 Å². The predicted molar refractivity (Wildman–Crippen MR) is 122 cm³/mol. The maximum atomic E-state index is 12.9. The molecule has 1 fully saturated rings. The van der Waals surface area contributed by atoms with Crippen LogP contribution in [0.2, 0.25) is 0 Å². The van der Waals surface area contributed by atoms with Crippen molar-refractivity contribution in [3.8, 4) is 5.75 Å². The van der Waals surface area contributed by atoms with Crippen LogP contribution in [0.15, 0.2) is 24.3 Å². The van der Waals surface area contributed by atoms with Gasteiger partial charge in [0, 0.05) is 19.7 Å². The number of piperazine rings is 1. The molecule has 9 nitrogen and oxygen atoms in total. The summed E-state index contributed by atoms with van der Waals surface area (Å²) in [5.74, 6) is -0.871. The van der Waals surface area contributed by atoms with E-state index in [1.807, 2.05) is 13.8 Å². The maximum Gasteiger partial charge on any atom is 0.308 e. The monoisotopic (exact) mass is 465 g/mol. The molecule has 1 heterocycles. The van der Waals surface area contributed by atoms with Crippen LogP contribution in [0.25, 0.3) is 0 Å². The van der Waals surface area contributed by atoms with E-state index in [-0.39, 0.29) is 17.4 Å². The third kappa shape index (κ3) is 7.76. The Hall–Kier alpha value is -2.72. The topological polar surface area (TPSA) is 106 Å². The Bertz CT molecular complexity index is 804. The number of benzene rings is 1. The molecule has 1 atom stereocenters. The maximum absolute atomic E-state index is 12.9. The van der Waals surface area contributed by atoms with Gasteiger partial charge in [-0.1, -0.05) is 25.5 Å². The highest BCUT2D eigenvalue weighted by atomic mass is 32.1. The normalized spacial score (nSPS) is 15.6. The Labute approximate surface area is 193 Å². The average Bonchev–Trinajstić information content (AvgIpc) is 2.78. The molecule has 176 valence electrons. The lowest BCUT2D eigenvalue weighted by Gasteiger charge is -2.36. The molecule has 1 aliphatic heterocycles. The minimum atomic E-state index is -0.844. The van der Waals surface area contributed by atoms with Crippen molar-refractivity contribution in [2.75, 3.05) is 39.5 Å². The summed E-state index contributed by atoms with van der Waals surface area (Å²) in [5.41, 5.74) is 0.309. The second-order valence-corrected chi connectivity index (χ2v) is 7.47. The van der Waals surface area contributed by atoms with Crippen molar-refractivity contribution in [3.63, 3.8) is 0 Å². The number of thiocarbonyl (C=S) groups is 1. The van der Waals surface area contributed by atoms with E-state index in [0.717, 1.165) is 12.8 Å². The Morgan fingerprint density at radius 3 is 2.75 bits per heavy atom. The molecule has 1 aromatic rings. The number of carbonyl (C=O) groups is 3. The number of rotatable bonds is 11. The third-order valence-corrected chi connectivity index (χ3v) is 5.09. The lowest BCUT2D eigenvalue weighted by molar-refractivity contribution is -0.147. The van der Waals surface area contributed by atoms with Crippen molar-refractivity contribution in [2.45, 2.75) is 39.2 Å². The first-order chi connectivity index (χ1) is 15.5. The molecule has 10 heteroatoms. The average molecular weight is 466 g/mol. The standard InChI is InChI=1S/C22H31N3O6S/c1-3-5-12-31-19(26)15-17-21(28)23-10-11-25(17)22(32)24-20(27)16-8-6-7-9-18(16)30-14-13-29-4-2/h6-9,17H,3-5,10-15H2,1-2H3,(H,23,28)(H,24,27,32). The number of unbranched alkanes of at least 4 members (excludes halogenated alkanes) is 1. The van der Waals surface area contributed by atoms with E-state index in [9.17, 15) is 14.4 Å². The zero-order valence-corrected chi connectivity index (χ0v) is 19.4. The molecule has 2 amide bonds. The number of amides is 2. The number of esters is 1. The van der Waals surface area contributed by atoms with Gasteiger partial charge in [0.15, 0.2) is 5.11 Å². The highest BCUT2D eigenvalue weighted by molar-refractivity contribution is 7.80. The summed E-state index contributed by atoms with van der Waals surface area (Å²) in [5, 5.41) is 5.45. The number of ether oxygens (including phenoxy) is 3. The van der Waals surface area contributed by atoms with Crippen molar-refractivity contribution in [2.24, 2.45) is 0 Å². The van der Waals surface area contributed by atoms with Gasteiger partial charge in [-0.2, -0.15) is 0 Å². The van der Waals surface area contributed by atoms with E-state index in [4.69, 9.17) is 26.4 Å². The molecule has 1 aliphatic rings. The second-order valence-electron chi connectivity index (χ2n) is 7.08. The smallest absolute Gasteiger partial charge is 0.308 e. The zero-order chi connectivity index (χ0) is 23.3. The summed E-state index contributed by atoms with van der Waals surface area (Å²) in [7, 11) is 0. The SMILES string of the molecule is CCCCOC(=O)CC1C(=O)NCCN1C(=S)NC(=O)c1ccccc1OCCOCC. The van der Waals surface area contributed by atoms with Gasteiger partial charge in [0.1, 0.15) is 18.4 Å². The number of carbonyl (C=O) groups excluding carboxylic acids is 3. The van der Waals surface area contributed by atoms with Crippen molar-refractivity contribution in [3.05, 3.63) is 29.8 Å². The van der Waals surface area contributed by atoms with Crippen LogP contribution in [0.5, 0.6) is 5.75 Å². The number of para-hydroxylation sites is 1. The molecule has 0 aromatic heterocycles. The Kier molecular flexibility index (Phi) is 10.9. The fourth-order valence-electron chi connectivity index (χ4n) is 3.08. The second kappa shape index (κ2) is 13.6. The molecule has 0 aliphatic carbocycles. The van der Waals surface area contributed by atoms with Gasteiger partial charge >= 0.3 is 5.97 Å². The highest BCUT2D eigenvalue weighted by Gasteiger charge is 2.34. The molecule has 32 heavy (non-hydrogen) atoms. The first-order valence-electron chi connectivity index (χ1n) is 10.8. The van der Waals surface area contributed by atoms with Crippen molar-refractivity contribution in [1.82, 2.24) is 15.5 Å². The van der Waals surface area contributed by atoms with Gasteiger partial charge in [0.25, 0.3) is 5.91 Å². The van der Waals surface area contributed by atoms with E-state index in [2.05, 4.69) is 10.6 Å². The van der Waals surface area contributed by atoms with Gasteiger partial charge in [0.2, 0.25) is 5.91 Å². The van der Waals surface area contributed by atoms with Crippen molar-refractivity contribution < 1.29 is 28.6 Å². The summed E-state index contributed by atoms with van der Waals surface area (Å²) in [6.45, 7) is 6.20. The lowest BCUT2D eigenvalue weighted by Crippen LogP contribution is -2.60. The molecule has 0 spiro atoms. The van der Waals surface area contributed by atoms with Gasteiger partial charge in [-0.05, 0) is 37.7 Å². The molecule has 1 saturated heterocycles. The molecular formula is C22H31N3O6S. The summed E-state index contributed by atoms with van der Waals surface area (Å²) < 4.78 is 16.1. The first kappa shape index (κ1) is 25.5. The first-order valence-corrected chi connectivity index (χ1v) is 11.2. The zero-order valence-electron chi connectivity index (χ0n) is 18.6. The fourth-order valence-corrected chi connectivity index (χ4v) is 3.39. The largest absolute Gasteiger partial charge is 0.490 e. The van der Waals surface area contributed by atoms with Crippen molar-refractivity contribution >= 4 is 35.1 Å². The Morgan fingerprint density at radius 1 is 1.22 bits per heavy atom. The Morgan fingerprint density at radius 2 is 2.00 bits per heavy atom. The molecule has 0 bridgehead atoms. The summed E-state index contributed by atoms with van der Waals surface area (Å²) in [6.07, 6.45) is 1.51. The van der Waals surface area contributed by atoms with Crippen LogP contribution in [0.1, 0.15) is 43.5 Å². The van der Waals surface area contributed by atoms with Crippen LogP contribution in [0.3, 0.4) is 0 Å². The minimum Gasteiger partial charge on any atom is -0.490 e. The van der Waals surface area contributed by atoms with Crippen LogP contribution in [-0.4, -0.2) is 73.4 Å². The van der Waals surface area contributed by atoms with Crippen LogP contribution in [-0.2, 0) is 19.1 Å². The van der Waals surface area contributed by atoms with E-state index < -0.39 is 17.9 Å². The predicted octanol–water partition coefficient (Wildman–Crippen LogP) is 1.65. The van der Waals surface area contributed by atoms with E-state index in [1.54, 1.807) is 29.2 Å². The molecule has 0 saturated carbocycles. The van der Waals surface area contributed by atoms with Gasteiger partial charge in [-0.3, -0.25) is 19.7 Å². The quantitative estimate of drug-likeness (QED) is 0.289. The van der Waals surface area contributed by atoms with Gasteiger partial charge in [0.05, 0.1) is 25.2 Å². The molecule has 2 rings (SSSR count). The summed E-state index contributed by atoms with van der Waals surface area (Å²) in [6, 6.07) is 5.95. The third-order valence-electron chi connectivity index (χ3n) is 4.75. The molecular weight excluding hydrogens is 434 g/mol. The number of nitrogens with zero attached hydrogens (tertiary/aromatic N) is 1. The Balaban J connectivity index is 2.02. The van der Waals surface area contributed by atoms with E-state index in [0.29, 0.717) is 50.8 Å². The molecule has 0 radical (unpaired) electrons. The molecule has 2 N–H and O–H groups in total. The van der Waals surface area contributed by atoms with Crippen LogP contribution in [0, 0.1) is 0 Å². The minimum absolute atomic E-state index is 0.0697. The van der Waals surface area contributed by atoms with Crippen molar-refractivity contribution in [1.29, 1.82) is 0 Å². The van der Waals surface area contributed by atoms with Gasteiger partial charge in [-0.15, -0.1) is 0 Å². The van der Waals surface area contributed by atoms with E-state index >= 15 is 0 Å². The fraction of sp³-hybridized carbons (Fsp3) is 0.545. The van der Waals surface area contributed by atoms with Gasteiger partial charge < -0.3 is 24.4 Å². The van der Waals surface area contributed by atoms with Crippen LogP contribution >= 0.6 is 12.2 Å². The number of nitrogens with one attached hydrogen (secondary N) is 2. The molecule has 1 unspecified atom stereocenters. The highest BCUT2D eigenvalue weighted by Crippen LogP contribution is 2.18. The van der Waals surface area contributed by atoms with Crippen LogP contribution < -0.4 is 15.4 Å². The molecule has 1 aromatic carbocycles. The summed E-state index contributed by atoms with van der Waals surface area (Å²) in [4.78, 5) is 39.0. The van der Waals surface area contributed by atoms with E-state index in [1.165, 1.54) is 0 Å². The number of hydrogen-bond donors (Lipinski definition) is 2. The summed E-state index contributed by atoms with van der Waals surface area (Å²) >= 11 is 5.41.